The van der Waals surface area contributed by atoms with Crippen molar-refractivity contribution < 1.29 is 14.1 Å². The van der Waals surface area contributed by atoms with E-state index < -0.39 is 5.60 Å². The lowest BCUT2D eigenvalue weighted by Crippen LogP contribution is -2.41. The zero-order valence-electron chi connectivity index (χ0n) is 15.1. The predicted octanol–water partition coefficient (Wildman–Crippen LogP) is 4.29. The molecule has 2 rings (SSSR count). The summed E-state index contributed by atoms with van der Waals surface area (Å²) in [5, 5.41) is 6.78. The summed E-state index contributed by atoms with van der Waals surface area (Å²) in [6, 6.07) is 1.77. The average Bonchev–Trinajstić information content (AvgIpc) is 2.95. The summed E-state index contributed by atoms with van der Waals surface area (Å²) in [7, 11) is 0. The fourth-order valence-electron chi connectivity index (χ4n) is 2.70. The topological polar surface area (TPSA) is 64.4 Å². The Balaban J connectivity index is 1.88. The average molecular weight is 322 g/mol. The second-order valence-corrected chi connectivity index (χ2v) is 8.11. The first kappa shape index (κ1) is 18.0. The molecule has 0 aliphatic heterocycles. The summed E-state index contributed by atoms with van der Waals surface area (Å²) < 4.78 is 11.1. The largest absolute Gasteiger partial charge is 0.365 e. The Morgan fingerprint density at radius 1 is 1.26 bits per heavy atom. The minimum absolute atomic E-state index is 0.112. The molecule has 0 spiro atoms. The van der Waals surface area contributed by atoms with Gasteiger partial charge in [0.25, 0.3) is 5.91 Å². The third-order valence-corrected chi connectivity index (χ3v) is 4.47. The molecule has 1 aromatic heterocycles. The summed E-state index contributed by atoms with van der Waals surface area (Å²) in [4.78, 5) is 12.4. The number of ether oxygens (including phenoxy) is 1. The summed E-state index contributed by atoms with van der Waals surface area (Å²) in [6.45, 7) is 10.4. The first-order chi connectivity index (χ1) is 10.7. The lowest BCUT2D eigenvalue weighted by molar-refractivity contribution is -0.139. The molecule has 23 heavy (non-hydrogen) atoms. The Labute approximate surface area is 139 Å². The van der Waals surface area contributed by atoms with Gasteiger partial charge >= 0.3 is 0 Å². The molecule has 130 valence electrons. The van der Waals surface area contributed by atoms with Gasteiger partial charge < -0.3 is 9.26 Å². The second-order valence-electron chi connectivity index (χ2n) is 8.11. The van der Waals surface area contributed by atoms with E-state index in [9.17, 15) is 4.79 Å². The SMILES string of the molecule is CC(C)(OCC1CCCCC1)C(=O)Nc1cc(C(C)(C)C)no1. The van der Waals surface area contributed by atoms with Crippen molar-refractivity contribution in [1.29, 1.82) is 0 Å². The van der Waals surface area contributed by atoms with Crippen molar-refractivity contribution in [2.45, 2.75) is 77.7 Å². The quantitative estimate of drug-likeness (QED) is 0.878. The van der Waals surface area contributed by atoms with Crippen LogP contribution in [0.4, 0.5) is 5.88 Å². The third kappa shape index (κ3) is 5.06. The van der Waals surface area contributed by atoms with Crippen molar-refractivity contribution in [2.75, 3.05) is 11.9 Å². The molecule has 1 aromatic rings. The molecule has 0 radical (unpaired) electrons. The summed E-state index contributed by atoms with van der Waals surface area (Å²) in [5.74, 6) is 0.743. The van der Waals surface area contributed by atoms with Gasteiger partial charge in [-0.05, 0) is 32.6 Å². The van der Waals surface area contributed by atoms with E-state index in [-0.39, 0.29) is 11.3 Å². The number of carbonyl (C=O) groups is 1. The highest BCUT2D eigenvalue weighted by Crippen LogP contribution is 2.27. The van der Waals surface area contributed by atoms with Crippen LogP contribution in [0.1, 0.15) is 72.4 Å². The van der Waals surface area contributed by atoms with Crippen molar-refractivity contribution in [3.8, 4) is 0 Å². The molecule has 1 N–H and O–H groups in total. The smallest absolute Gasteiger partial charge is 0.258 e. The van der Waals surface area contributed by atoms with E-state index in [1.54, 1.807) is 19.9 Å². The Bertz CT molecular complexity index is 523. The number of amides is 1. The van der Waals surface area contributed by atoms with Crippen LogP contribution < -0.4 is 5.32 Å². The molecule has 1 amide bonds. The molecule has 1 saturated carbocycles. The van der Waals surface area contributed by atoms with Crippen LogP contribution in [-0.4, -0.2) is 23.3 Å². The van der Waals surface area contributed by atoms with E-state index >= 15 is 0 Å². The van der Waals surface area contributed by atoms with Crippen LogP contribution in [0, 0.1) is 5.92 Å². The van der Waals surface area contributed by atoms with Crippen molar-refractivity contribution in [1.82, 2.24) is 5.16 Å². The van der Waals surface area contributed by atoms with E-state index in [2.05, 4.69) is 10.5 Å². The number of nitrogens with one attached hydrogen (secondary N) is 1. The molecule has 5 nitrogen and oxygen atoms in total. The summed E-state index contributed by atoms with van der Waals surface area (Å²) in [6.07, 6.45) is 6.27. The highest BCUT2D eigenvalue weighted by atomic mass is 16.5. The van der Waals surface area contributed by atoms with Crippen LogP contribution in [-0.2, 0) is 14.9 Å². The molecule has 5 heteroatoms. The highest BCUT2D eigenvalue weighted by Gasteiger charge is 2.31. The molecule has 1 heterocycles. The van der Waals surface area contributed by atoms with Gasteiger partial charge in [-0.25, -0.2) is 0 Å². The Kier molecular flexibility index (Phi) is 5.50. The fraction of sp³-hybridized carbons (Fsp3) is 0.778. The minimum atomic E-state index is -0.883. The van der Waals surface area contributed by atoms with E-state index in [1.165, 1.54) is 32.1 Å². The number of hydrogen-bond acceptors (Lipinski definition) is 4. The van der Waals surface area contributed by atoms with Gasteiger partial charge in [0.05, 0.1) is 12.3 Å². The number of nitrogens with zero attached hydrogens (tertiary/aromatic N) is 1. The van der Waals surface area contributed by atoms with E-state index in [4.69, 9.17) is 9.26 Å². The number of hydrogen-bond donors (Lipinski definition) is 1. The highest BCUT2D eigenvalue weighted by molar-refractivity contribution is 5.95. The minimum Gasteiger partial charge on any atom is -0.365 e. The molecule has 0 atom stereocenters. The van der Waals surface area contributed by atoms with Gasteiger partial charge in [0, 0.05) is 11.5 Å². The lowest BCUT2D eigenvalue weighted by atomic mass is 9.90. The van der Waals surface area contributed by atoms with Crippen LogP contribution in [0.5, 0.6) is 0 Å². The third-order valence-electron chi connectivity index (χ3n) is 4.47. The van der Waals surface area contributed by atoms with E-state index in [1.807, 2.05) is 20.8 Å². The predicted molar refractivity (Wildman–Crippen MR) is 90.4 cm³/mol. The number of anilines is 1. The van der Waals surface area contributed by atoms with Gasteiger partial charge in [-0.15, -0.1) is 0 Å². The Hall–Kier alpha value is -1.36. The zero-order chi connectivity index (χ0) is 17.1. The maximum atomic E-state index is 12.4. The molecule has 1 aliphatic carbocycles. The van der Waals surface area contributed by atoms with Crippen molar-refractivity contribution in [3.63, 3.8) is 0 Å². The van der Waals surface area contributed by atoms with Crippen molar-refractivity contribution in [3.05, 3.63) is 11.8 Å². The Morgan fingerprint density at radius 3 is 2.48 bits per heavy atom. The molecular formula is C18H30N2O3. The van der Waals surface area contributed by atoms with E-state index in [0.717, 1.165) is 5.69 Å². The van der Waals surface area contributed by atoms with Gasteiger partial charge in [-0.2, -0.15) is 0 Å². The standard InChI is InChI=1S/C18H30N2O3/c1-17(2,3)14-11-15(23-20-14)19-16(21)18(4,5)22-12-13-9-7-6-8-10-13/h11,13H,6-10,12H2,1-5H3,(H,19,21). The zero-order valence-corrected chi connectivity index (χ0v) is 15.1. The maximum absolute atomic E-state index is 12.4. The van der Waals surface area contributed by atoms with Crippen LogP contribution in [0.2, 0.25) is 0 Å². The first-order valence-corrected chi connectivity index (χ1v) is 8.61. The van der Waals surface area contributed by atoms with Gasteiger partial charge in [0.1, 0.15) is 5.60 Å². The van der Waals surface area contributed by atoms with Crippen LogP contribution in [0.25, 0.3) is 0 Å². The molecule has 1 fully saturated rings. The number of carbonyl (C=O) groups excluding carboxylic acids is 1. The maximum Gasteiger partial charge on any atom is 0.258 e. The van der Waals surface area contributed by atoms with Crippen LogP contribution in [0.3, 0.4) is 0 Å². The number of rotatable bonds is 5. The van der Waals surface area contributed by atoms with Gasteiger partial charge in [-0.1, -0.05) is 45.2 Å². The molecule has 1 aliphatic rings. The Morgan fingerprint density at radius 2 is 1.91 bits per heavy atom. The molecular weight excluding hydrogens is 292 g/mol. The molecule has 0 aromatic carbocycles. The van der Waals surface area contributed by atoms with E-state index in [0.29, 0.717) is 18.4 Å². The van der Waals surface area contributed by atoms with Crippen molar-refractivity contribution in [2.24, 2.45) is 5.92 Å². The van der Waals surface area contributed by atoms with Gasteiger partial charge in [0.2, 0.25) is 5.88 Å². The normalized spacial score (nSPS) is 17.3. The monoisotopic (exact) mass is 322 g/mol. The fourth-order valence-corrected chi connectivity index (χ4v) is 2.70. The molecule has 0 bridgehead atoms. The van der Waals surface area contributed by atoms with Crippen LogP contribution in [0.15, 0.2) is 10.6 Å². The molecule has 0 saturated heterocycles. The molecule has 0 unspecified atom stereocenters. The van der Waals surface area contributed by atoms with Crippen molar-refractivity contribution >= 4 is 11.8 Å². The van der Waals surface area contributed by atoms with Crippen LogP contribution >= 0.6 is 0 Å². The second kappa shape index (κ2) is 7.04. The van der Waals surface area contributed by atoms with Gasteiger partial charge in [-0.3, -0.25) is 10.1 Å². The lowest BCUT2D eigenvalue weighted by Gasteiger charge is -2.28. The number of aromatic nitrogens is 1. The van der Waals surface area contributed by atoms with Gasteiger partial charge in [0.15, 0.2) is 0 Å². The first-order valence-electron chi connectivity index (χ1n) is 8.61. The summed E-state index contributed by atoms with van der Waals surface area (Å²) in [5.41, 5.74) is -0.181. The summed E-state index contributed by atoms with van der Waals surface area (Å²) >= 11 is 0.